The number of nitrogens with zero attached hydrogens (tertiary/aromatic N) is 2. The zero-order valence-electron chi connectivity index (χ0n) is 4.59. The molecule has 0 unspecified atom stereocenters. The Morgan fingerprint density at radius 3 is 2.56 bits per heavy atom. The van der Waals surface area contributed by atoms with E-state index in [2.05, 4.69) is 9.99 Å². The van der Waals surface area contributed by atoms with E-state index in [0.29, 0.717) is 0 Å². The summed E-state index contributed by atoms with van der Waals surface area (Å²) in [5, 5.41) is 10.2. The first-order valence-electron chi connectivity index (χ1n) is 1.93. The molecule has 0 spiro atoms. The van der Waals surface area contributed by atoms with Crippen LogP contribution in [0.2, 0.25) is 0 Å². The van der Waals surface area contributed by atoms with Gasteiger partial charge in [0.05, 0.1) is 0 Å². The van der Waals surface area contributed by atoms with Gasteiger partial charge in [-0.25, -0.2) is 0 Å². The number of oxime groups is 1. The second-order valence-corrected chi connectivity index (χ2v) is 1.35. The Hall–Kier alpha value is -1.08. The first-order chi connectivity index (χ1) is 4.22. The van der Waals surface area contributed by atoms with E-state index in [9.17, 15) is 4.79 Å². The number of carbonyl (C=O) groups excluding carboxylic acids is 1. The van der Waals surface area contributed by atoms with Gasteiger partial charge in [-0.2, -0.15) is 5.26 Å². The minimum Gasteiger partial charge on any atom is -0.398 e. The van der Waals surface area contributed by atoms with Crippen molar-refractivity contribution in [3.63, 3.8) is 0 Å². The molecule has 0 aromatic heterocycles. The van der Waals surface area contributed by atoms with Gasteiger partial charge in [0.25, 0.3) is 5.24 Å². The molecule has 0 atom stereocenters. The van der Waals surface area contributed by atoms with Gasteiger partial charge < -0.3 is 4.84 Å². The van der Waals surface area contributed by atoms with Crippen molar-refractivity contribution >= 4 is 22.6 Å². The monoisotopic (exact) mass is 146 g/mol. The van der Waals surface area contributed by atoms with E-state index >= 15 is 0 Å². The smallest absolute Gasteiger partial charge is 0.285 e. The van der Waals surface area contributed by atoms with E-state index in [-0.39, 0.29) is 0 Å². The Bertz CT molecular complexity index is 181. The normalized spacial score (nSPS) is 10.1. The van der Waals surface area contributed by atoms with Crippen LogP contribution in [0, 0.1) is 11.3 Å². The van der Waals surface area contributed by atoms with Crippen molar-refractivity contribution in [1.29, 1.82) is 5.26 Å². The summed E-state index contributed by atoms with van der Waals surface area (Å²) in [5.74, 6) is 0. The average Bonchev–Trinajstić information content (AvgIpc) is 1.82. The van der Waals surface area contributed by atoms with E-state index < -0.39 is 11.0 Å². The van der Waals surface area contributed by atoms with Crippen molar-refractivity contribution in [2.24, 2.45) is 5.16 Å². The topological polar surface area (TPSA) is 62.4 Å². The first kappa shape index (κ1) is 7.92. The van der Waals surface area contributed by atoms with E-state index in [0.717, 1.165) is 0 Å². The lowest BCUT2D eigenvalue weighted by atomic mass is 10.5. The van der Waals surface area contributed by atoms with E-state index in [1.165, 1.54) is 13.2 Å². The third-order valence-electron chi connectivity index (χ3n) is 0.475. The summed E-state index contributed by atoms with van der Waals surface area (Å²) in [6.45, 7) is 0. The predicted molar refractivity (Wildman–Crippen MR) is 30.9 cm³/mol. The highest BCUT2D eigenvalue weighted by atomic mass is 35.5. The fraction of sp³-hybridized carbons (Fsp3) is 0.250. The fourth-order valence-electron chi connectivity index (χ4n) is 0.192. The van der Waals surface area contributed by atoms with E-state index in [4.69, 9.17) is 16.9 Å². The van der Waals surface area contributed by atoms with Crippen molar-refractivity contribution in [2.45, 2.75) is 0 Å². The Kier molecular flexibility index (Phi) is 3.40. The van der Waals surface area contributed by atoms with Gasteiger partial charge >= 0.3 is 0 Å². The van der Waals surface area contributed by atoms with Gasteiger partial charge in [-0.05, 0) is 11.6 Å². The highest BCUT2D eigenvalue weighted by Gasteiger charge is 2.05. The molecule has 5 heteroatoms. The number of rotatable bonds is 2. The molecule has 48 valence electrons. The van der Waals surface area contributed by atoms with Crippen molar-refractivity contribution in [3.8, 4) is 6.07 Å². The van der Waals surface area contributed by atoms with Crippen LogP contribution in [0.1, 0.15) is 0 Å². The second kappa shape index (κ2) is 3.87. The molecule has 4 nitrogen and oxygen atoms in total. The van der Waals surface area contributed by atoms with Gasteiger partial charge in [0.15, 0.2) is 0 Å². The molecule has 0 heterocycles. The Balaban J connectivity index is 4.20. The Morgan fingerprint density at radius 1 is 1.89 bits per heavy atom. The van der Waals surface area contributed by atoms with Crippen molar-refractivity contribution < 1.29 is 9.63 Å². The summed E-state index contributed by atoms with van der Waals surface area (Å²) >= 11 is 4.85. The maximum absolute atomic E-state index is 10.1. The van der Waals surface area contributed by atoms with Gasteiger partial charge in [0.2, 0.25) is 5.71 Å². The zero-order chi connectivity index (χ0) is 7.28. The number of hydrogen-bond donors (Lipinski definition) is 0. The minimum absolute atomic E-state index is 0.445. The number of hydrogen-bond acceptors (Lipinski definition) is 4. The summed E-state index contributed by atoms with van der Waals surface area (Å²) in [5.41, 5.74) is -0.445. The zero-order valence-corrected chi connectivity index (χ0v) is 5.34. The quantitative estimate of drug-likeness (QED) is 0.319. The molecule has 0 saturated heterocycles. The van der Waals surface area contributed by atoms with Crippen LogP contribution in [0.3, 0.4) is 0 Å². The van der Waals surface area contributed by atoms with Crippen LogP contribution in [-0.2, 0) is 9.63 Å². The summed E-state index contributed by atoms with van der Waals surface area (Å²) in [4.78, 5) is 14.2. The molecule has 0 aromatic rings. The largest absolute Gasteiger partial charge is 0.398 e. The maximum Gasteiger partial charge on any atom is 0.285 e. The number of carbonyl (C=O) groups is 1. The molecule has 0 fully saturated rings. The molecule has 0 radical (unpaired) electrons. The molecular weight excluding hydrogens is 144 g/mol. The van der Waals surface area contributed by atoms with E-state index in [1.807, 2.05) is 0 Å². The summed E-state index contributed by atoms with van der Waals surface area (Å²) in [7, 11) is 1.22. The highest BCUT2D eigenvalue weighted by molar-refractivity contribution is 6.84. The van der Waals surface area contributed by atoms with Crippen LogP contribution in [0.5, 0.6) is 0 Å². The standard InChI is InChI=1S/C4H3ClN2O2/c1-9-7-3(2-6)4(5)8/h1H3/b7-3+. The Morgan fingerprint density at radius 2 is 2.44 bits per heavy atom. The number of nitriles is 1. The second-order valence-electron chi connectivity index (χ2n) is 1.01. The molecule has 0 aliphatic rings. The molecule has 0 amide bonds. The van der Waals surface area contributed by atoms with Gasteiger partial charge in [-0.15, -0.1) is 0 Å². The van der Waals surface area contributed by atoms with Crippen LogP contribution in [0.25, 0.3) is 0 Å². The molecule has 0 rings (SSSR count). The summed E-state index contributed by atoms with van der Waals surface area (Å²) < 4.78 is 0. The van der Waals surface area contributed by atoms with Gasteiger partial charge in [0.1, 0.15) is 13.2 Å². The predicted octanol–water partition coefficient (Wildman–Crippen LogP) is 0.278. The van der Waals surface area contributed by atoms with Crippen LogP contribution < -0.4 is 0 Å². The molecule has 0 aliphatic carbocycles. The molecular formula is C4H3ClN2O2. The molecule has 0 N–H and O–H groups in total. The molecule has 0 saturated carbocycles. The minimum atomic E-state index is -0.917. The van der Waals surface area contributed by atoms with Gasteiger partial charge in [-0.3, -0.25) is 4.79 Å². The van der Waals surface area contributed by atoms with Crippen molar-refractivity contribution in [2.75, 3.05) is 7.11 Å². The first-order valence-corrected chi connectivity index (χ1v) is 2.31. The lowest BCUT2D eigenvalue weighted by Crippen LogP contribution is -2.03. The lowest BCUT2D eigenvalue weighted by molar-refractivity contribution is -0.106. The van der Waals surface area contributed by atoms with Crippen LogP contribution in [0.4, 0.5) is 0 Å². The van der Waals surface area contributed by atoms with E-state index in [1.54, 1.807) is 0 Å². The third kappa shape index (κ3) is 2.67. The third-order valence-corrected chi connectivity index (χ3v) is 0.654. The highest BCUT2D eigenvalue weighted by Crippen LogP contribution is 1.85. The molecule has 0 aromatic carbocycles. The fourth-order valence-corrected chi connectivity index (χ4v) is 0.268. The summed E-state index contributed by atoms with van der Waals surface area (Å²) in [6, 6.07) is 1.45. The van der Waals surface area contributed by atoms with Crippen LogP contribution >= 0.6 is 11.6 Å². The van der Waals surface area contributed by atoms with Crippen molar-refractivity contribution in [1.82, 2.24) is 0 Å². The molecule has 0 bridgehead atoms. The van der Waals surface area contributed by atoms with Crippen LogP contribution in [-0.4, -0.2) is 18.1 Å². The molecule has 0 aliphatic heterocycles. The SMILES string of the molecule is CO/N=C(\C#N)C(=O)Cl. The van der Waals surface area contributed by atoms with Gasteiger partial charge in [0, 0.05) is 0 Å². The Labute approximate surface area is 56.7 Å². The van der Waals surface area contributed by atoms with Crippen LogP contribution in [0.15, 0.2) is 5.16 Å². The number of halogens is 1. The average molecular weight is 147 g/mol. The maximum atomic E-state index is 10.1. The lowest BCUT2D eigenvalue weighted by Gasteiger charge is -1.84. The van der Waals surface area contributed by atoms with Crippen molar-refractivity contribution in [3.05, 3.63) is 0 Å². The van der Waals surface area contributed by atoms with Gasteiger partial charge in [-0.1, -0.05) is 5.16 Å². The molecule has 9 heavy (non-hydrogen) atoms. The summed E-state index contributed by atoms with van der Waals surface area (Å²) in [6.07, 6.45) is 0.